The number of rotatable bonds is 3. The van der Waals surface area contributed by atoms with Crippen molar-refractivity contribution in [1.82, 2.24) is 5.32 Å². The Labute approximate surface area is 124 Å². The van der Waals surface area contributed by atoms with Gasteiger partial charge in [-0.05, 0) is 29.4 Å². The van der Waals surface area contributed by atoms with Crippen LogP contribution in [0.1, 0.15) is 46.6 Å². The van der Waals surface area contributed by atoms with Gasteiger partial charge in [-0.2, -0.15) is 0 Å². The summed E-state index contributed by atoms with van der Waals surface area (Å²) in [6.45, 7) is 14.9. The van der Waals surface area contributed by atoms with Crippen molar-refractivity contribution >= 4 is 5.69 Å². The third-order valence-corrected chi connectivity index (χ3v) is 4.06. The van der Waals surface area contributed by atoms with Crippen LogP contribution in [0.15, 0.2) is 24.3 Å². The Balaban J connectivity index is 2.19. The topological polar surface area (TPSA) is 15.3 Å². The molecule has 0 amide bonds. The Bertz CT molecular complexity index is 431. The van der Waals surface area contributed by atoms with Crippen LogP contribution in [0.5, 0.6) is 0 Å². The fraction of sp³-hybridized carbons (Fsp3) is 0.667. The quantitative estimate of drug-likeness (QED) is 0.901. The third kappa shape index (κ3) is 3.76. The molecule has 1 N–H and O–H groups in total. The van der Waals surface area contributed by atoms with Crippen molar-refractivity contribution in [3.63, 3.8) is 0 Å². The summed E-state index contributed by atoms with van der Waals surface area (Å²) in [5.41, 5.74) is 3.09. The predicted molar refractivity (Wildman–Crippen MR) is 88.6 cm³/mol. The molecule has 1 unspecified atom stereocenters. The summed E-state index contributed by atoms with van der Waals surface area (Å²) in [6.07, 6.45) is 1.26. The second-order valence-electron chi connectivity index (χ2n) is 7.49. The van der Waals surface area contributed by atoms with Crippen molar-refractivity contribution in [1.29, 1.82) is 0 Å². The molecule has 0 spiro atoms. The molecule has 20 heavy (non-hydrogen) atoms. The van der Waals surface area contributed by atoms with E-state index in [1.54, 1.807) is 0 Å². The van der Waals surface area contributed by atoms with E-state index >= 15 is 0 Å². The number of piperazine rings is 1. The third-order valence-electron chi connectivity index (χ3n) is 4.06. The summed E-state index contributed by atoms with van der Waals surface area (Å²) in [5.74, 6) is 0.755. The standard InChI is InChI=1S/C18H30N2/c1-14(2)12-15-13-20(11-10-19-15)17-9-7-6-8-16(17)18(3,4)5/h6-9,14-15,19H,10-13H2,1-5H3. The van der Waals surface area contributed by atoms with E-state index in [1.807, 2.05) is 0 Å². The minimum absolute atomic E-state index is 0.203. The molecule has 1 aromatic carbocycles. The fourth-order valence-electron chi connectivity index (χ4n) is 3.15. The highest BCUT2D eigenvalue weighted by Gasteiger charge is 2.25. The molecule has 0 saturated carbocycles. The Morgan fingerprint density at radius 3 is 2.60 bits per heavy atom. The lowest BCUT2D eigenvalue weighted by Gasteiger charge is -2.38. The van der Waals surface area contributed by atoms with Gasteiger partial charge in [-0.15, -0.1) is 0 Å². The lowest BCUT2D eigenvalue weighted by molar-refractivity contribution is 0.387. The number of hydrogen-bond donors (Lipinski definition) is 1. The van der Waals surface area contributed by atoms with Gasteiger partial charge in [0.1, 0.15) is 0 Å². The van der Waals surface area contributed by atoms with Gasteiger partial charge >= 0.3 is 0 Å². The Kier molecular flexibility index (Phi) is 4.74. The number of hydrogen-bond acceptors (Lipinski definition) is 2. The van der Waals surface area contributed by atoms with Crippen molar-refractivity contribution < 1.29 is 0 Å². The Morgan fingerprint density at radius 2 is 1.95 bits per heavy atom. The molecule has 1 aliphatic heterocycles. The zero-order valence-corrected chi connectivity index (χ0v) is 13.7. The van der Waals surface area contributed by atoms with Crippen LogP contribution in [0.25, 0.3) is 0 Å². The maximum atomic E-state index is 3.67. The van der Waals surface area contributed by atoms with E-state index in [-0.39, 0.29) is 5.41 Å². The Morgan fingerprint density at radius 1 is 1.25 bits per heavy atom. The number of benzene rings is 1. The molecule has 2 nitrogen and oxygen atoms in total. The smallest absolute Gasteiger partial charge is 0.0405 e. The van der Waals surface area contributed by atoms with Gasteiger partial charge in [-0.1, -0.05) is 52.8 Å². The molecule has 1 aliphatic rings. The number of nitrogens with zero attached hydrogens (tertiary/aromatic N) is 1. The van der Waals surface area contributed by atoms with Gasteiger partial charge in [-0.3, -0.25) is 0 Å². The molecule has 0 bridgehead atoms. The molecule has 1 aromatic rings. The van der Waals surface area contributed by atoms with E-state index in [1.165, 1.54) is 17.7 Å². The second-order valence-corrected chi connectivity index (χ2v) is 7.49. The maximum Gasteiger partial charge on any atom is 0.0405 e. The van der Waals surface area contributed by atoms with Crippen molar-refractivity contribution in [3.05, 3.63) is 29.8 Å². The van der Waals surface area contributed by atoms with Crippen LogP contribution in [0, 0.1) is 5.92 Å². The largest absolute Gasteiger partial charge is 0.368 e. The van der Waals surface area contributed by atoms with Crippen LogP contribution in [-0.2, 0) is 5.41 Å². The fourth-order valence-corrected chi connectivity index (χ4v) is 3.15. The molecule has 112 valence electrons. The second kappa shape index (κ2) is 6.17. The first kappa shape index (κ1) is 15.4. The van der Waals surface area contributed by atoms with E-state index in [0.29, 0.717) is 6.04 Å². The summed E-state index contributed by atoms with van der Waals surface area (Å²) in [7, 11) is 0. The van der Waals surface area contributed by atoms with Gasteiger partial charge in [0.15, 0.2) is 0 Å². The van der Waals surface area contributed by atoms with Crippen LogP contribution in [0.4, 0.5) is 5.69 Å². The van der Waals surface area contributed by atoms with Crippen LogP contribution in [0.2, 0.25) is 0 Å². The van der Waals surface area contributed by atoms with Crippen molar-refractivity contribution in [2.45, 2.75) is 52.5 Å². The van der Waals surface area contributed by atoms with Crippen LogP contribution in [0.3, 0.4) is 0 Å². The summed E-state index contributed by atoms with van der Waals surface area (Å²) in [5, 5.41) is 3.67. The molecule has 0 aliphatic carbocycles. The minimum Gasteiger partial charge on any atom is -0.368 e. The Hall–Kier alpha value is -1.02. The number of para-hydroxylation sites is 1. The van der Waals surface area contributed by atoms with Crippen molar-refractivity contribution in [3.8, 4) is 0 Å². The highest BCUT2D eigenvalue weighted by molar-refractivity contribution is 5.56. The molecule has 2 heteroatoms. The predicted octanol–water partition coefficient (Wildman–Crippen LogP) is 3.81. The summed E-state index contributed by atoms with van der Waals surface area (Å²) < 4.78 is 0. The van der Waals surface area contributed by atoms with Gasteiger partial charge < -0.3 is 10.2 Å². The molecular formula is C18H30N2. The normalized spacial score (nSPS) is 20.5. The molecule has 0 radical (unpaired) electrons. The van der Waals surface area contributed by atoms with Gasteiger partial charge in [0, 0.05) is 31.4 Å². The average Bonchev–Trinajstić information content (AvgIpc) is 2.37. The lowest BCUT2D eigenvalue weighted by atomic mass is 9.85. The molecule has 1 fully saturated rings. The lowest BCUT2D eigenvalue weighted by Crippen LogP contribution is -2.51. The first-order chi connectivity index (χ1) is 9.38. The highest BCUT2D eigenvalue weighted by Crippen LogP contribution is 2.32. The van der Waals surface area contributed by atoms with Crippen LogP contribution >= 0.6 is 0 Å². The summed E-state index contributed by atoms with van der Waals surface area (Å²) >= 11 is 0. The monoisotopic (exact) mass is 274 g/mol. The first-order valence-electron chi connectivity index (χ1n) is 7.96. The summed E-state index contributed by atoms with van der Waals surface area (Å²) in [4.78, 5) is 2.57. The highest BCUT2D eigenvalue weighted by atomic mass is 15.2. The van der Waals surface area contributed by atoms with Gasteiger partial charge in [0.2, 0.25) is 0 Å². The van der Waals surface area contributed by atoms with E-state index in [2.05, 4.69) is 69.1 Å². The van der Waals surface area contributed by atoms with E-state index < -0.39 is 0 Å². The average molecular weight is 274 g/mol. The molecule has 1 atom stereocenters. The zero-order chi connectivity index (χ0) is 14.8. The van der Waals surface area contributed by atoms with Crippen LogP contribution < -0.4 is 10.2 Å². The van der Waals surface area contributed by atoms with Gasteiger partial charge in [-0.25, -0.2) is 0 Å². The van der Waals surface area contributed by atoms with E-state index in [4.69, 9.17) is 0 Å². The number of nitrogens with one attached hydrogen (secondary N) is 1. The minimum atomic E-state index is 0.203. The van der Waals surface area contributed by atoms with E-state index in [0.717, 1.165) is 25.6 Å². The van der Waals surface area contributed by atoms with Gasteiger partial charge in [0.05, 0.1) is 0 Å². The van der Waals surface area contributed by atoms with E-state index in [9.17, 15) is 0 Å². The number of anilines is 1. The SMILES string of the molecule is CC(C)CC1CN(c2ccccc2C(C)(C)C)CCN1. The molecular weight excluding hydrogens is 244 g/mol. The van der Waals surface area contributed by atoms with Gasteiger partial charge in [0.25, 0.3) is 0 Å². The van der Waals surface area contributed by atoms with Crippen molar-refractivity contribution in [2.75, 3.05) is 24.5 Å². The maximum absolute atomic E-state index is 3.67. The first-order valence-corrected chi connectivity index (χ1v) is 7.96. The van der Waals surface area contributed by atoms with Crippen molar-refractivity contribution in [2.24, 2.45) is 5.92 Å². The van der Waals surface area contributed by atoms with Crippen LogP contribution in [-0.4, -0.2) is 25.7 Å². The summed E-state index contributed by atoms with van der Waals surface area (Å²) in [6, 6.07) is 9.53. The zero-order valence-electron chi connectivity index (χ0n) is 13.7. The molecule has 1 saturated heterocycles. The molecule has 2 rings (SSSR count). The molecule has 0 aromatic heterocycles. The molecule has 1 heterocycles.